The Morgan fingerprint density at radius 3 is 2.06 bits per heavy atom. The highest BCUT2D eigenvalue weighted by Gasteiger charge is 2.37. The highest BCUT2D eigenvalue weighted by Crippen LogP contribution is 2.48. The predicted octanol–water partition coefficient (Wildman–Crippen LogP) is 3.81. The van der Waals surface area contributed by atoms with E-state index in [9.17, 15) is 0 Å². The van der Waals surface area contributed by atoms with Gasteiger partial charge in [-0.25, -0.2) is 0 Å². The molecule has 0 aliphatic heterocycles. The van der Waals surface area contributed by atoms with Gasteiger partial charge in [0.25, 0.3) is 0 Å². The van der Waals surface area contributed by atoms with Crippen molar-refractivity contribution in [2.24, 2.45) is 5.41 Å². The molecule has 94 valence electrons. The molecule has 2 heteroatoms. The minimum absolute atomic E-state index is 0.0670. The van der Waals surface area contributed by atoms with Gasteiger partial charge in [-0.1, -0.05) is 12.8 Å². The summed E-state index contributed by atoms with van der Waals surface area (Å²) in [7, 11) is 0. The number of nitrogens with one attached hydrogen (secondary N) is 1. The predicted molar refractivity (Wildman–Crippen MR) is 67.1 cm³/mol. The molecule has 0 saturated heterocycles. The van der Waals surface area contributed by atoms with E-state index in [1.807, 2.05) is 0 Å². The van der Waals surface area contributed by atoms with Crippen LogP contribution in [0.5, 0.6) is 0 Å². The molecule has 0 amide bonds. The summed E-state index contributed by atoms with van der Waals surface area (Å²) in [5, 5.41) is 0. The van der Waals surface area contributed by atoms with Crippen LogP contribution in [0, 0.1) is 5.41 Å². The largest absolute Gasteiger partial charge is 0.296 e. The Labute approximate surface area is 100 Å². The summed E-state index contributed by atoms with van der Waals surface area (Å²) in [6.07, 6.45) is 11.3. The summed E-state index contributed by atoms with van der Waals surface area (Å²) in [5.41, 5.74) is 3.94. The molecule has 0 aromatic rings. The first kappa shape index (κ1) is 12.4. The second-order valence-electron chi connectivity index (χ2n) is 6.81. The maximum atomic E-state index is 5.67. The standard InChI is InChI=1S/C14H27NO/c1-13(2,3)16-15-12-6-10-14(11-7-12)8-4-5-9-14/h12,15H,4-11H2,1-3H3. The van der Waals surface area contributed by atoms with Crippen molar-refractivity contribution in [1.82, 2.24) is 5.48 Å². The molecular weight excluding hydrogens is 198 g/mol. The molecule has 2 rings (SSSR count). The van der Waals surface area contributed by atoms with Crippen LogP contribution in [0.25, 0.3) is 0 Å². The van der Waals surface area contributed by atoms with E-state index in [4.69, 9.17) is 4.84 Å². The third-order valence-electron chi connectivity index (χ3n) is 4.24. The van der Waals surface area contributed by atoms with Gasteiger partial charge in [-0.05, 0) is 64.7 Å². The summed E-state index contributed by atoms with van der Waals surface area (Å²) < 4.78 is 0. The van der Waals surface area contributed by atoms with E-state index >= 15 is 0 Å². The van der Waals surface area contributed by atoms with E-state index in [1.54, 1.807) is 0 Å². The van der Waals surface area contributed by atoms with E-state index < -0.39 is 0 Å². The molecule has 2 aliphatic carbocycles. The van der Waals surface area contributed by atoms with Crippen LogP contribution in [0.3, 0.4) is 0 Å². The molecule has 0 radical (unpaired) electrons. The van der Waals surface area contributed by atoms with Crippen molar-refractivity contribution in [1.29, 1.82) is 0 Å². The Kier molecular flexibility index (Phi) is 3.60. The van der Waals surface area contributed by atoms with E-state index in [1.165, 1.54) is 51.4 Å². The monoisotopic (exact) mass is 225 g/mol. The SMILES string of the molecule is CC(C)(C)ONC1CCC2(CCCC2)CC1. The lowest BCUT2D eigenvalue weighted by Gasteiger charge is -2.38. The zero-order valence-electron chi connectivity index (χ0n) is 11.1. The van der Waals surface area contributed by atoms with E-state index in [-0.39, 0.29) is 5.60 Å². The summed E-state index contributed by atoms with van der Waals surface area (Å²) in [4.78, 5) is 5.67. The van der Waals surface area contributed by atoms with Crippen LogP contribution in [0.15, 0.2) is 0 Å². The lowest BCUT2D eigenvalue weighted by atomic mass is 9.71. The smallest absolute Gasteiger partial charge is 0.0813 e. The fraction of sp³-hybridized carbons (Fsp3) is 1.00. The van der Waals surface area contributed by atoms with Crippen molar-refractivity contribution in [3.63, 3.8) is 0 Å². The van der Waals surface area contributed by atoms with Crippen molar-refractivity contribution in [3.8, 4) is 0 Å². The quantitative estimate of drug-likeness (QED) is 0.722. The van der Waals surface area contributed by atoms with Gasteiger partial charge in [0.05, 0.1) is 5.60 Å². The fourth-order valence-electron chi connectivity index (χ4n) is 3.23. The zero-order valence-corrected chi connectivity index (χ0v) is 11.1. The molecule has 2 nitrogen and oxygen atoms in total. The van der Waals surface area contributed by atoms with Crippen LogP contribution >= 0.6 is 0 Å². The van der Waals surface area contributed by atoms with Gasteiger partial charge in [0.1, 0.15) is 0 Å². The van der Waals surface area contributed by atoms with Crippen LogP contribution < -0.4 is 5.48 Å². The maximum absolute atomic E-state index is 5.67. The van der Waals surface area contributed by atoms with Crippen molar-refractivity contribution >= 4 is 0 Å². The second-order valence-corrected chi connectivity index (χ2v) is 6.81. The van der Waals surface area contributed by atoms with Gasteiger partial charge in [-0.15, -0.1) is 0 Å². The second kappa shape index (κ2) is 4.66. The first-order valence-electron chi connectivity index (χ1n) is 6.93. The molecule has 0 aromatic heterocycles. The van der Waals surface area contributed by atoms with Gasteiger partial charge in [0.2, 0.25) is 0 Å². The summed E-state index contributed by atoms with van der Waals surface area (Å²) >= 11 is 0. The molecule has 1 spiro atoms. The lowest BCUT2D eigenvalue weighted by Crippen LogP contribution is -2.40. The van der Waals surface area contributed by atoms with E-state index in [0.717, 1.165) is 5.41 Å². The molecular formula is C14H27NO. The highest BCUT2D eigenvalue weighted by molar-refractivity contribution is 4.90. The first-order chi connectivity index (χ1) is 7.49. The molecule has 2 fully saturated rings. The Bertz CT molecular complexity index is 215. The van der Waals surface area contributed by atoms with Gasteiger partial charge in [0, 0.05) is 6.04 Å². The van der Waals surface area contributed by atoms with E-state index in [0.29, 0.717) is 6.04 Å². The summed E-state index contributed by atoms with van der Waals surface area (Å²) in [6.45, 7) is 6.30. The minimum atomic E-state index is -0.0670. The van der Waals surface area contributed by atoms with Crippen molar-refractivity contribution < 1.29 is 4.84 Å². The fourth-order valence-corrected chi connectivity index (χ4v) is 3.23. The summed E-state index contributed by atoms with van der Waals surface area (Å²) in [5.74, 6) is 0. The van der Waals surface area contributed by atoms with E-state index in [2.05, 4.69) is 26.3 Å². The molecule has 16 heavy (non-hydrogen) atoms. The molecule has 2 aliphatic rings. The highest BCUT2D eigenvalue weighted by atomic mass is 16.7. The van der Waals surface area contributed by atoms with Crippen molar-refractivity contribution in [3.05, 3.63) is 0 Å². The van der Waals surface area contributed by atoms with Gasteiger partial charge >= 0.3 is 0 Å². The molecule has 0 bridgehead atoms. The van der Waals surface area contributed by atoms with Gasteiger partial charge < -0.3 is 0 Å². The van der Waals surface area contributed by atoms with Crippen molar-refractivity contribution in [2.75, 3.05) is 0 Å². The van der Waals surface area contributed by atoms with Crippen LogP contribution in [-0.4, -0.2) is 11.6 Å². The molecule has 0 atom stereocenters. The van der Waals surface area contributed by atoms with Crippen LogP contribution in [0.2, 0.25) is 0 Å². The Morgan fingerprint density at radius 2 is 1.56 bits per heavy atom. The number of rotatable bonds is 2. The molecule has 0 unspecified atom stereocenters. The third kappa shape index (κ3) is 3.21. The van der Waals surface area contributed by atoms with Gasteiger partial charge in [0.15, 0.2) is 0 Å². The van der Waals surface area contributed by atoms with Gasteiger partial charge in [-0.3, -0.25) is 4.84 Å². The van der Waals surface area contributed by atoms with Crippen molar-refractivity contribution in [2.45, 2.75) is 83.8 Å². The number of hydrogen-bond donors (Lipinski definition) is 1. The number of hydrogen-bond acceptors (Lipinski definition) is 2. The first-order valence-corrected chi connectivity index (χ1v) is 6.93. The van der Waals surface area contributed by atoms with Crippen LogP contribution in [0.4, 0.5) is 0 Å². The Morgan fingerprint density at radius 1 is 1.00 bits per heavy atom. The van der Waals surface area contributed by atoms with Gasteiger partial charge in [-0.2, -0.15) is 5.48 Å². The van der Waals surface area contributed by atoms with Crippen LogP contribution in [0.1, 0.15) is 72.1 Å². The third-order valence-corrected chi connectivity index (χ3v) is 4.24. The maximum Gasteiger partial charge on any atom is 0.0813 e. The zero-order chi connectivity index (χ0) is 11.6. The molecule has 0 heterocycles. The number of hydroxylamine groups is 1. The van der Waals surface area contributed by atoms with Crippen LogP contribution in [-0.2, 0) is 4.84 Å². The average Bonchev–Trinajstić information content (AvgIpc) is 2.65. The average molecular weight is 225 g/mol. The topological polar surface area (TPSA) is 21.3 Å². The molecule has 1 N–H and O–H groups in total. The Hall–Kier alpha value is -0.0800. The lowest BCUT2D eigenvalue weighted by molar-refractivity contribution is -0.0968. The minimum Gasteiger partial charge on any atom is -0.296 e. The molecule has 2 saturated carbocycles. The normalized spacial score (nSPS) is 26.4. The molecule has 0 aromatic carbocycles. The Balaban J connectivity index is 1.73. The summed E-state index contributed by atoms with van der Waals surface area (Å²) in [6, 6.07) is 0.588.